The molecule has 108 valence electrons. The normalized spacial score (nSPS) is 24.4. The zero-order valence-corrected chi connectivity index (χ0v) is 11.4. The molecule has 2 rings (SSSR count). The van der Waals surface area contributed by atoms with Crippen LogP contribution in [0.3, 0.4) is 0 Å². The Morgan fingerprint density at radius 3 is 2.47 bits per heavy atom. The quantitative estimate of drug-likeness (QED) is 0.820. The first kappa shape index (κ1) is 14.2. The van der Waals surface area contributed by atoms with Crippen molar-refractivity contribution in [2.24, 2.45) is 11.8 Å². The van der Waals surface area contributed by atoms with Crippen molar-refractivity contribution in [2.45, 2.75) is 44.9 Å². The number of nitrogens with zero attached hydrogens (tertiary/aromatic N) is 1. The Kier molecular flexibility index (Phi) is 5.05. The number of aliphatic carboxylic acids is 1. The molecule has 5 heteroatoms. The largest absolute Gasteiger partial charge is 0.481 e. The second-order valence-electron chi connectivity index (χ2n) is 5.89. The van der Waals surface area contributed by atoms with E-state index in [2.05, 4.69) is 5.32 Å². The van der Waals surface area contributed by atoms with Crippen molar-refractivity contribution in [1.82, 2.24) is 10.2 Å². The van der Waals surface area contributed by atoms with Gasteiger partial charge in [-0.15, -0.1) is 0 Å². The van der Waals surface area contributed by atoms with Crippen molar-refractivity contribution < 1.29 is 14.7 Å². The third-order valence-electron chi connectivity index (χ3n) is 4.29. The van der Waals surface area contributed by atoms with E-state index < -0.39 is 5.97 Å². The molecule has 1 atom stereocenters. The lowest BCUT2D eigenvalue weighted by molar-refractivity contribution is -0.138. The molecule has 0 aromatic rings. The Balaban J connectivity index is 1.73. The number of piperidine rings is 1. The average Bonchev–Trinajstić information content (AvgIpc) is 2.88. The van der Waals surface area contributed by atoms with Gasteiger partial charge in [0.25, 0.3) is 0 Å². The summed E-state index contributed by atoms with van der Waals surface area (Å²) in [5.41, 5.74) is 0. The number of carbonyl (C=O) groups is 2. The van der Waals surface area contributed by atoms with E-state index >= 15 is 0 Å². The summed E-state index contributed by atoms with van der Waals surface area (Å²) in [5, 5.41) is 11.8. The summed E-state index contributed by atoms with van der Waals surface area (Å²) < 4.78 is 0. The number of likely N-dealkylation sites (tertiary alicyclic amines) is 1. The number of nitrogens with one attached hydrogen (secondary N) is 1. The second kappa shape index (κ2) is 6.78. The first-order chi connectivity index (χ1) is 9.15. The summed E-state index contributed by atoms with van der Waals surface area (Å²) in [7, 11) is 0. The van der Waals surface area contributed by atoms with E-state index in [4.69, 9.17) is 5.11 Å². The predicted octanol–water partition coefficient (Wildman–Crippen LogP) is 2.07. The van der Waals surface area contributed by atoms with Gasteiger partial charge in [0, 0.05) is 26.1 Å². The molecular weight excluding hydrogens is 244 g/mol. The van der Waals surface area contributed by atoms with Crippen LogP contribution in [0.4, 0.5) is 4.79 Å². The molecule has 1 unspecified atom stereocenters. The molecule has 0 aromatic heterocycles. The molecule has 0 radical (unpaired) electrons. The van der Waals surface area contributed by atoms with Gasteiger partial charge in [-0.2, -0.15) is 0 Å². The van der Waals surface area contributed by atoms with Crippen LogP contribution in [0.25, 0.3) is 0 Å². The Morgan fingerprint density at radius 2 is 1.79 bits per heavy atom. The van der Waals surface area contributed by atoms with Gasteiger partial charge in [-0.05, 0) is 37.5 Å². The second-order valence-corrected chi connectivity index (χ2v) is 5.89. The summed E-state index contributed by atoms with van der Waals surface area (Å²) in [6.45, 7) is 2.12. The number of hydrogen-bond acceptors (Lipinski definition) is 2. The zero-order chi connectivity index (χ0) is 13.7. The van der Waals surface area contributed by atoms with Crippen LogP contribution < -0.4 is 5.32 Å². The van der Waals surface area contributed by atoms with Gasteiger partial charge in [-0.1, -0.05) is 12.8 Å². The van der Waals surface area contributed by atoms with Crippen LogP contribution in [0.15, 0.2) is 0 Å². The van der Waals surface area contributed by atoms with Crippen molar-refractivity contribution in [1.29, 1.82) is 0 Å². The van der Waals surface area contributed by atoms with Crippen molar-refractivity contribution in [3.05, 3.63) is 0 Å². The minimum atomic E-state index is -0.766. The molecule has 2 N–H and O–H groups in total. The molecule has 0 spiro atoms. The molecule has 2 fully saturated rings. The van der Waals surface area contributed by atoms with Gasteiger partial charge < -0.3 is 15.3 Å². The van der Waals surface area contributed by atoms with Crippen LogP contribution in [0.1, 0.15) is 44.9 Å². The molecule has 0 bridgehead atoms. The van der Waals surface area contributed by atoms with Gasteiger partial charge in [-0.3, -0.25) is 4.79 Å². The summed E-state index contributed by atoms with van der Waals surface area (Å²) in [6, 6.07) is -0.0120. The lowest BCUT2D eigenvalue weighted by Gasteiger charge is -2.32. The fourth-order valence-electron chi connectivity index (χ4n) is 3.22. The van der Waals surface area contributed by atoms with Crippen molar-refractivity contribution in [3.8, 4) is 0 Å². The Hall–Kier alpha value is -1.26. The summed E-state index contributed by atoms with van der Waals surface area (Å²) in [5.74, 6) is -0.00903. The minimum absolute atomic E-state index is 0.0120. The van der Waals surface area contributed by atoms with Gasteiger partial charge in [-0.25, -0.2) is 4.79 Å². The maximum atomic E-state index is 12.1. The number of urea groups is 1. The Bertz CT molecular complexity index is 327. The van der Waals surface area contributed by atoms with E-state index in [1.165, 1.54) is 25.7 Å². The van der Waals surface area contributed by atoms with Gasteiger partial charge in [0.1, 0.15) is 0 Å². The fourth-order valence-corrected chi connectivity index (χ4v) is 3.22. The summed E-state index contributed by atoms with van der Waals surface area (Å²) in [6.07, 6.45) is 7.01. The number of carboxylic acid groups (broad SMARTS) is 1. The van der Waals surface area contributed by atoms with Gasteiger partial charge in [0.15, 0.2) is 0 Å². The van der Waals surface area contributed by atoms with Crippen molar-refractivity contribution in [3.63, 3.8) is 0 Å². The van der Waals surface area contributed by atoms with E-state index in [0.29, 0.717) is 12.5 Å². The molecule has 1 heterocycles. The molecule has 2 aliphatic rings. The van der Waals surface area contributed by atoms with Crippen molar-refractivity contribution >= 4 is 12.0 Å². The maximum absolute atomic E-state index is 12.1. The topological polar surface area (TPSA) is 69.6 Å². The minimum Gasteiger partial charge on any atom is -0.481 e. The third-order valence-corrected chi connectivity index (χ3v) is 4.29. The molecule has 2 amide bonds. The highest BCUT2D eigenvalue weighted by Crippen LogP contribution is 2.24. The number of rotatable bonds is 4. The molecular formula is C14H24N2O3. The van der Waals surface area contributed by atoms with E-state index in [9.17, 15) is 9.59 Å². The molecule has 5 nitrogen and oxygen atoms in total. The Labute approximate surface area is 114 Å². The molecule has 1 saturated heterocycles. The SMILES string of the molecule is O=C(O)CC1CCCN(C(=O)NCC2CCCC2)C1. The number of carboxylic acids is 1. The number of hydrogen-bond donors (Lipinski definition) is 2. The van der Waals surface area contributed by atoms with E-state index in [-0.39, 0.29) is 18.4 Å². The first-order valence-electron chi connectivity index (χ1n) is 7.39. The zero-order valence-electron chi connectivity index (χ0n) is 11.4. The van der Waals surface area contributed by atoms with Crippen molar-refractivity contribution in [2.75, 3.05) is 19.6 Å². The van der Waals surface area contributed by atoms with Crippen LogP contribution in [0, 0.1) is 11.8 Å². The number of amides is 2. The highest BCUT2D eigenvalue weighted by molar-refractivity contribution is 5.74. The number of carbonyl (C=O) groups excluding carboxylic acids is 1. The molecule has 1 aliphatic heterocycles. The Morgan fingerprint density at radius 1 is 1.11 bits per heavy atom. The third kappa shape index (κ3) is 4.40. The maximum Gasteiger partial charge on any atom is 0.317 e. The van der Waals surface area contributed by atoms with Crippen LogP contribution in [-0.4, -0.2) is 41.6 Å². The van der Waals surface area contributed by atoms with Crippen LogP contribution >= 0.6 is 0 Å². The lowest BCUT2D eigenvalue weighted by Crippen LogP contribution is -2.46. The van der Waals surface area contributed by atoms with Gasteiger partial charge in [0.2, 0.25) is 0 Å². The van der Waals surface area contributed by atoms with Crippen LogP contribution in [0.2, 0.25) is 0 Å². The van der Waals surface area contributed by atoms with Gasteiger partial charge in [0.05, 0.1) is 0 Å². The average molecular weight is 268 g/mol. The summed E-state index contributed by atoms with van der Waals surface area (Å²) >= 11 is 0. The fraction of sp³-hybridized carbons (Fsp3) is 0.857. The highest BCUT2D eigenvalue weighted by atomic mass is 16.4. The monoisotopic (exact) mass is 268 g/mol. The van der Waals surface area contributed by atoms with E-state index in [0.717, 1.165) is 25.9 Å². The standard InChI is InChI=1S/C14H24N2O3/c17-13(18)8-12-6-3-7-16(10-12)14(19)15-9-11-4-1-2-5-11/h11-12H,1-10H2,(H,15,19)(H,17,18). The highest BCUT2D eigenvalue weighted by Gasteiger charge is 2.25. The van der Waals surface area contributed by atoms with Crippen LogP contribution in [0.5, 0.6) is 0 Å². The molecule has 19 heavy (non-hydrogen) atoms. The van der Waals surface area contributed by atoms with E-state index in [1.807, 2.05) is 0 Å². The smallest absolute Gasteiger partial charge is 0.317 e. The molecule has 0 aromatic carbocycles. The predicted molar refractivity (Wildman–Crippen MR) is 71.9 cm³/mol. The van der Waals surface area contributed by atoms with Gasteiger partial charge >= 0.3 is 12.0 Å². The molecule has 1 aliphatic carbocycles. The molecule has 1 saturated carbocycles. The first-order valence-corrected chi connectivity index (χ1v) is 7.39. The van der Waals surface area contributed by atoms with E-state index in [1.54, 1.807) is 4.90 Å². The summed E-state index contributed by atoms with van der Waals surface area (Å²) in [4.78, 5) is 24.6. The van der Waals surface area contributed by atoms with Crippen LogP contribution in [-0.2, 0) is 4.79 Å². The lowest BCUT2D eigenvalue weighted by atomic mass is 9.95.